The van der Waals surface area contributed by atoms with Gasteiger partial charge >= 0.3 is 5.97 Å². The van der Waals surface area contributed by atoms with Crippen LogP contribution < -0.4 is 4.74 Å². The minimum absolute atomic E-state index is 0.0274. The van der Waals surface area contributed by atoms with Crippen LogP contribution in [0.3, 0.4) is 0 Å². The number of ether oxygens (including phenoxy) is 1. The van der Waals surface area contributed by atoms with E-state index in [0.717, 1.165) is 23.5 Å². The van der Waals surface area contributed by atoms with Gasteiger partial charge in [0.25, 0.3) is 0 Å². The van der Waals surface area contributed by atoms with Gasteiger partial charge in [0.2, 0.25) is 0 Å². The van der Waals surface area contributed by atoms with Crippen molar-refractivity contribution in [1.82, 2.24) is 0 Å². The molecule has 3 nitrogen and oxygen atoms in total. The number of hydrogen-bond donors (Lipinski definition) is 1. The molecule has 0 aliphatic heterocycles. The lowest BCUT2D eigenvalue weighted by atomic mass is 10.1. The fourth-order valence-electron chi connectivity index (χ4n) is 1.49. The van der Waals surface area contributed by atoms with E-state index in [1.165, 1.54) is 19.2 Å². The first kappa shape index (κ1) is 12.5. The fraction of sp³-hybridized carbons (Fsp3) is 0.0833. The number of carboxylic acid groups (broad SMARTS) is 1. The van der Waals surface area contributed by atoms with Crippen molar-refractivity contribution in [2.24, 2.45) is 0 Å². The number of hydrogen-bond acceptors (Lipinski definition) is 3. The summed E-state index contributed by atoms with van der Waals surface area (Å²) in [5.74, 6) is -2.62. The molecule has 2 aromatic rings. The molecule has 0 fully saturated rings. The van der Waals surface area contributed by atoms with E-state index in [4.69, 9.17) is 9.84 Å². The first-order chi connectivity index (χ1) is 8.52. The van der Waals surface area contributed by atoms with Gasteiger partial charge in [-0.1, -0.05) is 0 Å². The summed E-state index contributed by atoms with van der Waals surface area (Å²) in [4.78, 5) is 11.0. The monoisotopic (exact) mass is 270 g/mol. The van der Waals surface area contributed by atoms with Gasteiger partial charge in [-0.15, -0.1) is 11.3 Å². The summed E-state index contributed by atoms with van der Waals surface area (Å²) >= 11 is 0.816. The molecule has 1 heterocycles. The van der Waals surface area contributed by atoms with Gasteiger partial charge in [0.1, 0.15) is 22.3 Å². The number of rotatable bonds is 3. The summed E-state index contributed by atoms with van der Waals surface area (Å²) in [7, 11) is 1.31. The van der Waals surface area contributed by atoms with E-state index < -0.39 is 17.6 Å². The Morgan fingerprint density at radius 2 is 1.89 bits per heavy atom. The largest absolute Gasteiger partial charge is 0.497 e. The maximum atomic E-state index is 13.7. The molecule has 0 unspecified atom stereocenters. The van der Waals surface area contributed by atoms with Gasteiger partial charge in [-0.05, 0) is 12.1 Å². The van der Waals surface area contributed by atoms with Gasteiger partial charge in [-0.25, -0.2) is 13.6 Å². The lowest BCUT2D eigenvalue weighted by Crippen LogP contribution is -1.92. The van der Waals surface area contributed by atoms with Crippen molar-refractivity contribution < 1.29 is 23.4 Å². The average molecular weight is 270 g/mol. The average Bonchev–Trinajstić information content (AvgIpc) is 2.77. The van der Waals surface area contributed by atoms with Crippen LogP contribution in [0.15, 0.2) is 24.3 Å². The second-order valence-electron chi connectivity index (χ2n) is 3.44. The lowest BCUT2D eigenvalue weighted by molar-refractivity contribution is 0.0702. The Bertz CT molecular complexity index is 584. The van der Waals surface area contributed by atoms with E-state index >= 15 is 0 Å². The minimum Gasteiger partial charge on any atom is -0.497 e. The predicted molar refractivity (Wildman–Crippen MR) is 63.2 cm³/mol. The van der Waals surface area contributed by atoms with Crippen LogP contribution in [-0.2, 0) is 0 Å². The highest BCUT2D eigenvalue weighted by molar-refractivity contribution is 7.17. The zero-order chi connectivity index (χ0) is 13.3. The second kappa shape index (κ2) is 4.73. The Kier molecular flexibility index (Phi) is 3.29. The zero-order valence-corrected chi connectivity index (χ0v) is 10.1. The Hall–Kier alpha value is -1.95. The topological polar surface area (TPSA) is 46.5 Å². The summed E-state index contributed by atoms with van der Waals surface area (Å²) in [6, 6.07) is 4.80. The van der Waals surface area contributed by atoms with Crippen molar-refractivity contribution in [1.29, 1.82) is 0 Å². The first-order valence-electron chi connectivity index (χ1n) is 4.89. The van der Waals surface area contributed by atoms with Crippen molar-refractivity contribution in [2.45, 2.75) is 0 Å². The van der Waals surface area contributed by atoms with Crippen molar-refractivity contribution in [3.05, 3.63) is 40.8 Å². The molecule has 2 rings (SSSR count). The molecule has 94 valence electrons. The van der Waals surface area contributed by atoms with Crippen LogP contribution in [0.2, 0.25) is 0 Å². The highest BCUT2D eigenvalue weighted by Crippen LogP contribution is 2.34. The molecule has 0 saturated carbocycles. The molecule has 0 atom stereocenters. The summed E-state index contributed by atoms with van der Waals surface area (Å²) in [6.07, 6.45) is 0. The molecule has 0 radical (unpaired) electrons. The molecule has 18 heavy (non-hydrogen) atoms. The van der Waals surface area contributed by atoms with E-state index in [2.05, 4.69) is 0 Å². The summed E-state index contributed by atoms with van der Waals surface area (Å²) in [5, 5.41) is 8.77. The molecule has 0 aliphatic rings. The minimum atomic E-state index is -1.12. The van der Waals surface area contributed by atoms with Crippen LogP contribution in [0.1, 0.15) is 9.67 Å². The standard InChI is InChI=1S/C12H8F2O3S/c1-17-6-4-7(13)11(8(14)5-6)9-2-3-10(18-9)12(15)16/h2-5H,1H3,(H,15,16). The molecule has 0 aliphatic carbocycles. The summed E-state index contributed by atoms with van der Waals surface area (Å²) in [5.41, 5.74) is -0.242. The SMILES string of the molecule is COc1cc(F)c(-c2ccc(C(=O)O)s2)c(F)c1. The Morgan fingerprint density at radius 1 is 1.28 bits per heavy atom. The van der Waals surface area contributed by atoms with Gasteiger partial charge in [0, 0.05) is 17.0 Å². The van der Waals surface area contributed by atoms with Crippen LogP contribution >= 0.6 is 11.3 Å². The van der Waals surface area contributed by atoms with Gasteiger partial charge in [-0.3, -0.25) is 0 Å². The third-order valence-corrected chi connectivity index (χ3v) is 3.41. The van der Waals surface area contributed by atoms with Crippen LogP contribution in [0.5, 0.6) is 5.75 Å². The number of thiophene rings is 1. The number of methoxy groups -OCH3 is 1. The second-order valence-corrected chi connectivity index (χ2v) is 4.52. The van der Waals surface area contributed by atoms with Crippen LogP contribution in [0.25, 0.3) is 10.4 Å². The van der Waals surface area contributed by atoms with E-state index in [9.17, 15) is 13.6 Å². The van der Waals surface area contributed by atoms with Crippen LogP contribution in [0.4, 0.5) is 8.78 Å². The number of halogens is 2. The lowest BCUT2D eigenvalue weighted by Gasteiger charge is -2.05. The molecule has 0 spiro atoms. The number of carbonyl (C=O) groups is 1. The van der Waals surface area contributed by atoms with Crippen molar-refractivity contribution in [3.8, 4) is 16.2 Å². The molecular weight excluding hydrogens is 262 g/mol. The van der Waals surface area contributed by atoms with Gasteiger partial charge < -0.3 is 9.84 Å². The van der Waals surface area contributed by atoms with E-state index in [0.29, 0.717) is 0 Å². The fourth-order valence-corrected chi connectivity index (χ4v) is 2.38. The Balaban J connectivity index is 2.53. The molecular formula is C12H8F2O3S. The zero-order valence-electron chi connectivity index (χ0n) is 9.24. The molecule has 6 heteroatoms. The Labute approximate surface area is 105 Å². The van der Waals surface area contributed by atoms with Crippen molar-refractivity contribution >= 4 is 17.3 Å². The molecule has 0 saturated heterocycles. The Morgan fingerprint density at radius 3 is 2.33 bits per heavy atom. The normalized spacial score (nSPS) is 10.4. The maximum absolute atomic E-state index is 13.7. The molecule has 0 amide bonds. The maximum Gasteiger partial charge on any atom is 0.345 e. The third kappa shape index (κ3) is 2.19. The highest BCUT2D eigenvalue weighted by Gasteiger charge is 2.17. The summed E-state index contributed by atoms with van der Waals surface area (Å²) in [6.45, 7) is 0. The van der Waals surface area contributed by atoms with E-state index in [1.54, 1.807) is 0 Å². The van der Waals surface area contributed by atoms with E-state index in [-0.39, 0.29) is 21.1 Å². The van der Waals surface area contributed by atoms with Gasteiger partial charge in [0.15, 0.2) is 0 Å². The predicted octanol–water partition coefficient (Wildman–Crippen LogP) is 3.40. The molecule has 1 N–H and O–H groups in total. The van der Waals surface area contributed by atoms with Crippen LogP contribution in [-0.4, -0.2) is 18.2 Å². The quantitative estimate of drug-likeness (QED) is 0.929. The molecule has 1 aromatic carbocycles. The van der Waals surface area contributed by atoms with Crippen molar-refractivity contribution in [3.63, 3.8) is 0 Å². The van der Waals surface area contributed by atoms with Crippen LogP contribution in [0, 0.1) is 11.6 Å². The highest BCUT2D eigenvalue weighted by atomic mass is 32.1. The van der Waals surface area contributed by atoms with Gasteiger partial charge in [-0.2, -0.15) is 0 Å². The van der Waals surface area contributed by atoms with Gasteiger partial charge in [0.05, 0.1) is 12.7 Å². The number of carboxylic acids is 1. The first-order valence-corrected chi connectivity index (χ1v) is 5.71. The van der Waals surface area contributed by atoms with Crippen molar-refractivity contribution in [2.75, 3.05) is 7.11 Å². The smallest absolute Gasteiger partial charge is 0.345 e. The third-order valence-electron chi connectivity index (χ3n) is 2.31. The number of aromatic carboxylic acids is 1. The summed E-state index contributed by atoms with van der Waals surface area (Å²) < 4.78 is 32.2. The van der Waals surface area contributed by atoms with E-state index in [1.807, 2.05) is 0 Å². The molecule has 0 bridgehead atoms. The molecule has 1 aromatic heterocycles. The number of benzene rings is 1.